The van der Waals surface area contributed by atoms with Crippen molar-refractivity contribution in [3.8, 4) is 0 Å². The molecule has 0 atom stereocenters. The van der Waals surface area contributed by atoms with Crippen molar-refractivity contribution in [3.63, 3.8) is 0 Å². The molecule has 5 heteroatoms. The minimum absolute atomic E-state index is 0.585. The fraction of sp³-hybridized carbons (Fsp3) is 0. The largest absolute Gasteiger partial charge is 0.454 e. The van der Waals surface area contributed by atoms with Gasteiger partial charge in [0.1, 0.15) is 5.58 Å². The van der Waals surface area contributed by atoms with Crippen LogP contribution in [0.3, 0.4) is 0 Å². The van der Waals surface area contributed by atoms with Crippen molar-refractivity contribution in [2.24, 2.45) is 0 Å². The third-order valence-corrected chi connectivity index (χ3v) is 11.1. The van der Waals surface area contributed by atoms with Crippen LogP contribution in [-0.4, -0.2) is 0 Å². The highest BCUT2D eigenvalue weighted by molar-refractivity contribution is 7.26. The molecule has 242 valence electrons. The average Bonchev–Trinajstić information content (AvgIpc) is 3.75. The first kappa shape index (κ1) is 29.8. The van der Waals surface area contributed by atoms with E-state index in [1.165, 1.54) is 20.2 Å². The Balaban J connectivity index is 1.32. The standard InChI is InChI=1S/C46H29ClN2OS/c47-38-24-25-39(45-37-26-30-14-10-11-15-31(30)27-41(37)50-46(38)45)49(34-20-8-3-9-21-34)35-28-40(44-36-22-12-13-23-42(36)51-43(44)29-35)48(32-16-4-1-5-17-32)33-18-6-2-7-19-33/h1-29H. The Morgan fingerprint density at radius 2 is 1.00 bits per heavy atom. The fourth-order valence-corrected chi connectivity index (χ4v) is 8.77. The number of furan rings is 1. The number of anilines is 6. The molecule has 0 N–H and O–H groups in total. The Hall–Kier alpha value is -6.07. The molecule has 10 rings (SSSR count). The lowest BCUT2D eigenvalue weighted by Crippen LogP contribution is -2.13. The highest BCUT2D eigenvalue weighted by Crippen LogP contribution is 2.51. The predicted molar refractivity (Wildman–Crippen MR) is 218 cm³/mol. The van der Waals surface area contributed by atoms with E-state index in [-0.39, 0.29) is 0 Å². The van der Waals surface area contributed by atoms with Crippen molar-refractivity contribution in [2.45, 2.75) is 0 Å². The van der Waals surface area contributed by atoms with E-state index in [0.29, 0.717) is 10.6 Å². The van der Waals surface area contributed by atoms with Crippen LogP contribution in [0.4, 0.5) is 34.1 Å². The Bertz CT molecular complexity index is 2840. The summed E-state index contributed by atoms with van der Waals surface area (Å²) in [6.07, 6.45) is 0. The second-order valence-electron chi connectivity index (χ2n) is 12.7. The van der Waals surface area contributed by atoms with Crippen LogP contribution in [-0.2, 0) is 0 Å². The summed E-state index contributed by atoms with van der Waals surface area (Å²) in [5.74, 6) is 0. The van der Waals surface area contributed by atoms with Crippen molar-refractivity contribution in [2.75, 3.05) is 9.80 Å². The van der Waals surface area contributed by atoms with Gasteiger partial charge >= 0.3 is 0 Å². The number of nitrogens with zero attached hydrogens (tertiary/aromatic N) is 2. The van der Waals surface area contributed by atoms with E-state index in [2.05, 4.69) is 180 Å². The second-order valence-corrected chi connectivity index (χ2v) is 14.2. The summed E-state index contributed by atoms with van der Waals surface area (Å²) in [5.41, 5.74) is 7.83. The van der Waals surface area contributed by atoms with Gasteiger partial charge in [-0.05, 0) is 89.6 Å². The smallest absolute Gasteiger partial charge is 0.156 e. The van der Waals surface area contributed by atoms with Gasteiger partial charge in [-0.2, -0.15) is 0 Å². The lowest BCUT2D eigenvalue weighted by atomic mass is 10.0. The van der Waals surface area contributed by atoms with Gasteiger partial charge < -0.3 is 14.2 Å². The number of rotatable bonds is 6. The van der Waals surface area contributed by atoms with E-state index in [0.717, 1.165) is 61.3 Å². The summed E-state index contributed by atoms with van der Waals surface area (Å²) in [5, 5.41) is 7.34. The van der Waals surface area contributed by atoms with Crippen molar-refractivity contribution in [1.82, 2.24) is 0 Å². The van der Waals surface area contributed by atoms with E-state index >= 15 is 0 Å². The van der Waals surface area contributed by atoms with E-state index in [1.807, 2.05) is 17.4 Å². The van der Waals surface area contributed by atoms with Crippen LogP contribution in [0.15, 0.2) is 180 Å². The highest BCUT2D eigenvalue weighted by atomic mass is 35.5. The highest BCUT2D eigenvalue weighted by Gasteiger charge is 2.25. The molecule has 2 heterocycles. The topological polar surface area (TPSA) is 19.6 Å². The van der Waals surface area contributed by atoms with Crippen molar-refractivity contribution in [3.05, 3.63) is 181 Å². The zero-order chi connectivity index (χ0) is 33.9. The monoisotopic (exact) mass is 692 g/mol. The minimum Gasteiger partial charge on any atom is -0.454 e. The van der Waals surface area contributed by atoms with E-state index in [9.17, 15) is 0 Å². The molecule has 0 bridgehead atoms. The van der Waals surface area contributed by atoms with Gasteiger partial charge in [0.05, 0.1) is 21.8 Å². The normalized spacial score (nSPS) is 11.6. The van der Waals surface area contributed by atoms with Gasteiger partial charge in [-0.3, -0.25) is 0 Å². The average molecular weight is 693 g/mol. The molecule has 0 radical (unpaired) electrons. The summed E-state index contributed by atoms with van der Waals surface area (Å²) >= 11 is 8.76. The van der Waals surface area contributed by atoms with Gasteiger partial charge in [-0.15, -0.1) is 11.3 Å². The predicted octanol–water partition coefficient (Wildman–Crippen LogP) is 14.7. The number of para-hydroxylation sites is 3. The molecule has 0 fully saturated rings. The van der Waals surface area contributed by atoms with Gasteiger partial charge in [0.2, 0.25) is 0 Å². The third-order valence-electron chi connectivity index (χ3n) is 9.64. The molecule has 0 aliphatic heterocycles. The maximum absolute atomic E-state index is 6.94. The fourth-order valence-electron chi connectivity index (χ4n) is 7.41. The van der Waals surface area contributed by atoms with Crippen LogP contribution < -0.4 is 9.80 Å². The lowest BCUT2D eigenvalue weighted by Gasteiger charge is -2.30. The quantitative estimate of drug-likeness (QED) is 0.173. The molecular formula is C46H29ClN2OS. The molecule has 3 nitrogen and oxygen atoms in total. The van der Waals surface area contributed by atoms with Gasteiger partial charge in [0.15, 0.2) is 5.58 Å². The zero-order valence-corrected chi connectivity index (χ0v) is 28.9. The van der Waals surface area contributed by atoms with Crippen LogP contribution in [0.1, 0.15) is 0 Å². The Kier molecular flexibility index (Phi) is 7.05. The van der Waals surface area contributed by atoms with E-state index in [4.69, 9.17) is 16.0 Å². The summed E-state index contributed by atoms with van der Waals surface area (Å²) < 4.78 is 9.03. The Morgan fingerprint density at radius 3 is 1.67 bits per heavy atom. The molecule has 10 aromatic rings. The number of halogens is 1. The van der Waals surface area contributed by atoms with Crippen molar-refractivity contribution in [1.29, 1.82) is 0 Å². The van der Waals surface area contributed by atoms with E-state index < -0.39 is 0 Å². The first-order chi connectivity index (χ1) is 25.2. The van der Waals surface area contributed by atoms with Crippen molar-refractivity contribution >= 4 is 110 Å². The maximum atomic E-state index is 6.94. The summed E-state index contributed by atoms with van der Waals surface area (Å²) in [6, 6.07) is 62.1. The molecule has 2 aromatic heterocycles. The molecular weight excluding hydrogens is 664 g/mol. The molecule has 0 spiro atoms. The van der Waals surface area contributed by atoms with Gasteiger partial charge in [-0.1, -0.05) is 109 Å². The maximum Gasteiger partial charge on any atom is 0.156 e. The minimum atomic E-state index is 0.585. The number of thiophene rings is 1. The first-order valence-electron chi connectivity index (χ1n) is 17.0. The second kappa shape index (κ2) is 12.1. The van der Waals surface area contributed by atoms with Crippen LogP contribution in [0.2, 0.25) is 5.02 Å². The lowest BCUT2D eigenvalue weighted by molar-refractivity contribution is 0.669. The number of fused-ring (bicyclic) bond motifs is 7. The SMILES string of the molecule is Clc1ccc(N(c2ccccc2)c2cc(N(c3ccccc3)c3ccccc3)c3c(c2)sc2ccccc23)c2c1oc1cc3ccccc3cc12. The molecule has 0 aliphatic carbocycles. The van der Waals surface area contributed by atoms with Crippen molar-refractivity contribution < 1.29 is 4.42 Å². The number of hydrogen-bond donors (Lipinski definition) is 0. The van der Waals surface area contributed by atoms with Crippen LogP contribution in [0.25, 0.3) is 52.9 Å². The molecule has 0 unspecified atom stereocenters. The molecule has 0 saturated carbocycles. The number of benzene rings is 8. The molecule has 0 saturated heterocycles. The molecule has 51 heavy (non-hydrogen) atoms. The Labute approximate surface area is 303 Å². The first-order valence-corrected chi connectivity index (χ1v) is 18.1. The molecule has 0 aliphatic rings. The van der Waals surface area contributed by atoms with Gasteiger partial charge in [0, 0.05) is 48.3 Å². The van der Waals surface area contributed by atoms with Crippen LogP contribution >= 0.6 is 22.9 Å². The summed E-state index contributed by atoms with van der Waals surface area (Å²) in [7, 11) is 0. The third kappa shape index (κ3) is 4.95. The molecule has 8 aromatic carbocycles. The summed E-state index contributed by atoms with van der Waals surface area (Å²) in [6.45, 7) is 0. The van der Waals surface area contributed by atoms with Crippen LogP contribution in [0, 0.1) is 0 Å². The Morgan fingerprint density at radius 1 is 0.431 bits per heavy atom. The summed E-state index contributed by atoms with van der Waals surface area (Å²) in [4.78, 5) is 4.73. The zero-order valence-electron chi connectivity index (χ0n) is 27.3. The van der Waals surface area contributed by atoms with Crippen LogP contribution in [0.5, 0.6) is 0 Å². The molecule has 0 amide bonds. The van der Waals surface area contributed by atoms with Gasteiger partial charge in [-0.25, -0.2) is 0 Å². The van der Waals surface area contributed by atoms with Gasteiger partial charge in [0.25, 0.3) is 0 Å². The number of hydrogen-bond acceptors (Lipinski definition) is 4. The van der Waals surface area contributed by atoms with E-state index in [1.54, 1.807) is 0 Å².